The summed E-state index contributed by atoms with van der Waals surface area (Å²) in [5.74, 6) is 0.182. The molecule has 0 saturated heterocycles. The number of anilines is 1. The third-order valence-electron chi connectivity index (χ3n) is 4.01. The molecule has 156 valence electrons. The largest absolute Gasteiger partial charge is 0.483 e. The van der Waals surface area contributed by atoms with E-state index < -0.39 is 10.0 Å². The van der Waals surface area contributed by atoms with Gasteiger partial charge in [-0.15, -0.1) is 0 Å². The van der Waals surface area contributed by atoms with Gasteiger partial charge in [0.25, 0.3) is 5.91 Å². The van der Waals surface area contributed by atoms with Crippen molar-refractivity contribution in [2.45, 2.75) is 11.4 Å². The lowest BCUT2D eigenvalue weighted by Gasteiger charge is -2.10. The van der Waals surface area contributed by atoms with Crippen LogP contribution in [0.1, 0.15) is 5.56 Å². The number of hydrogen-bond acceptors (Lipinski definition) is 4. The van der Waals surface area contributed by atoms with Gasteiger partial charge in [-0.05, 0) is 64.0 Å². The number of sulfonamides is 1. The first-order valence-electron chi connectivity index (χ1n) is 8.85. The number of nitrogens with one attached hydrogen (secondary N) is 2. The Kier molecular flexibility index (Phi) is 7.65. The molecule has 0 saturated carbocycles. The first-order valence-corrected chi connectivity index (χ1v) is 11.9. The average Bonchev–Trinajstić information content (AvgIpc) is 2.73. The first-order chi connectivity index (χ1) is 14.3. The summed E-state index contributed by atoms with van der Waals surface area (Å²) in [5, 5.41) is 2.68. The van der Waals surface area contributed by atoms with Crippen LogP contribution in [0.4, 0.5) is 5.69 Å². The summed E-state index contributed by atoms with van der Waals surface area (Å²) in [5.41, 5.74) is 1.34. The normalized spacial score (nSPS) is 11.1. The molecular formula is C21H18Br2N2O4S. The van der Waals surface area contributed by atoms with Crippen LogP contribution in [0.2, 0.25) is 0 Å². The maximum atomic E-state index is 12.4. The van der Waals surface area contributed by atoms with Gasteiger partial charge in [-0.25, -0.2) is 13.1 Å². The number of carbonyl (C=O) groups is 1. The molecule has 6 nitrogen and oxygen atoms in total. The highest BCUT2D eigenvalue weighted by molar-refractivity contribution is 9.11. The lowest BCUT2D eigenvalue weighted by atomic mass is 10.2. The molecule has 0 heterocycles. The molecule has 0 aliphatic rings. The quantitative estimate of drug-likeness (QED) is 0.423. The van der Waals surface area contributed by atoms with E-state index in [-0.39, 0.29) is 24.0 Å². The lowest BCUT2D eigenvalue weighted by Crippen LogP contribution is -2.23. The maximum absolute atomic E-state index is 12.4. The fourth-order valence-electron chi connectivity index (χ4n) is 2.51. The number of rotatable bonds is 8. The van der Waals surface area contributed by atoms with Crippen LogP contribution in [0.3, 0.4) is 0 Å². The molecule has 2 N–H and O–H groups in total. The van der Waals surface area contributed by atoms with Crippen LogP contribution in [-0.2, 0) is 21.4 Å². The number of benzene rings is 3. The molecule has 1 amide bonds. The van der Waals surface area contributed by atoms with Crippen LogP contribution in [0.25, 0.3) is 0 Å². The summed E-state index contributed by atoms with van der Waals surface area (Å²) in [7, 11) is -3.65. The van der Waals surface area contributed by atoms with E-state index in [9.17, 15) is 13.2 Å². The Morgan fingerprint density at radius 1 is 0.933 bits per heavy atom. The van der Waals surface area contributed by atoms with Gasteiger partial charge in [-0.3, -0.25) is 4.79 Å². The van der Waals surface area contributed by atoms with Crippen molar-refractivity contribution >= 4 is 53.5 Å². The van der Waals surface area contributed by atoms with Crippen molar-refractivity contribution in [2.24, 2.45) is 0 Å². The van der Waals surface area contributed by atoms with E-state index in [1.807, 2.05) is 42.5 Å². The number of carbonyl (C=O) groups excluding carboxylic acids is 1. The molecule has 0 aromatic heterocycles. The molecule has 0 unspecified atom stereocenters. The third-order valence-corrected chi connectivity index (χ3v) is 6.54. The van der Waals surface area contributed by atoms with Gasteiger partial charge in [-0.2, -0.15) is 0 Å². The summed E-state index contributed by atoms with van der Waals surface area (Å²) < 4.78 is 34.5. The average molecular weight is 554 g/mol. The Morgan fingerprint density at radius 3 is 2.30 bits per heavy atom. The van der Waals surface area contributed by atoms with Crippen LogP contribution in [0, 0.1) is 0 Å². The minimum Gasteiger partial charge on any atom is -0.483 e. The zero-order valence-corrected chi connectivity index (χ0v) is 19.6. The van der Waals surface area contributed by atoms with E-state index in [1.165, 1.54) is 24.3 Å². The molecule has 0 atom stereocenters. The zero-order chi connectivity index (χ0) is 21.6. The lowest BCUT2D eigenvalue weighted by molar-refractivity contribution is -0.118. The highest BCUT2D eigenvalue weighted by atomic mass is 79.9. The van der Waals surface area contributed by atoms with Crippen molar-refractivity contribution in [3.63, 3.8) is 0 Å². The molecular weight excluding hydrogens is 536 g/mol. The number of ether oxygens (including phenoxy) is 1. The molecule has 9 heteroatoms. The molecule has 3 aromatic carbocycles. The number of amides is 1. The SMILES string of the molecule is O=C(COc1ccc(Br)cc1Br)Nc1ccc(S(=O)(=O)NCc2ccccc2)cc1. The monoisotopic (exact) mass is 552 g/mol. The van der Waals surface area contributed by atoms with Gasteiger partial charge < -0.3 is 10.1 Å². The second-order valence-electron chi connectivity index (χ2n) is 6.25. The number of halogens is 2. The molecule has 0 spiro atoms. The van der Waals surface area contributed by atoms with E-state index in [4.69, 9.17) is 4.74 Å². The van der Waals surface area contributed by atoms with Crippen LogP contribution in [0.15, 0.2) is 86.6 Å². The topological polar surface area (TPSA) is 84.5 Å². The standard InChI is InChI=1S/C21H18Br2N2O4S/c22-16-6-11-20(19(23)12-16)29-14-21(26)25-17-7-9-18(10-8-17)30(27,28)24-13-15-4-2-1-3-5-15/h1-12,24H,13-14H2,(H,25,26). The van der Waals surface area contributed by atoms with Crippen molar-refractivity contribution in [2.75, 3.05) is 11.9 Å². The van der Waals surface area contributed by atoms with E-state index in [2.05, 4.69) is 41.9 Å². The molecule has 0 aliphatic carbocycles. The summed E-state index contributed by atoms with van der Waals surface area (Å²) in [6.45, 7) is 0.0174. The Hall–Kier alpha value is -2.20. The molecule has 0 aliphatic heterocycles. The fraction of sp³-hybridized carbons (Fsp3) is 0.0952. The zero-order valence-electron chi connectivity index (χ0n) is 15.6. The minimum absolute atomic E-state index is 0.117. The van der Waals surface area contributed by atoms with Crippen molar-refractivity contribution in [3.8, 4) is 5.75 Å². The van der Waals surface area contributed by atoms with Crippen molar-refractivity contribution in [1.82, 2.24) is 4.72 Å². The van der Waals surface area contributed by atoms with Crippen molar-refractivity contribution in [3.05, 3.63) is 87.3 Å². The predicted octanol–water partition coefficient (Wildman–Crippen LogP) is 4.71. The van der Waals surface area contributed by atoms with Gasteiger partial charge in [-0.1, -0.05) is 46.3 Å². The van der Waals surface area contributed by atoms with Crippen molar-refractivity contribution < 1.29 is 17.9 Å². The second-order valence-corrected chi connectivity index (χ2v) is 9.78. The Labute approximate surface area is 192 Å². The number of hydrogen-bond donors (Lipinski definition) is 2. The van der Waals surface area contributed by atoms with E-state index in [0.717, 1.165) is 14.5 Å². The first kappa shape index (κ1) is 22.5. The van der Waals surface area contributed by atoms with Crippen LogP contribution < -0.4 is 14.8 Å². The molecule has 0 radical (unpaired) electrons. The summed E-state index contributed by atoms with van der Waals surface area (Å²) in [4.78, 5) is 12.2. The fourth-order valence-corrected chi connectivity index (χ4v) is 4.69. The molecule has 3 aromatic rings. The summed E-state index contributed by atoms with van der Waals surface area (Å²) in [6.07, 6.45) is 0. The maximum Gasteiger partial charge on any atom is 0.262 e. The van der Waals surface area contributed by atoms with Crippen LogP contribution in [0.5, 0.6) is 5.75 Å². The summed E-state index contributed by atoms with van der Waals surface area (Å²) in [6, 6.07) is 20.6. The second kappa shape index (κ2) is 10.2. The van der Waals surface area contributed by atoms with Crippen LogP contribution in [-0.4, -0.2) is 20.9 Å². The van der Waals surface area contributed by atoms with Gasteiger partial charge in [0.1, 0.15) is 5.75 Å². The van der Waals surface area contributed by atoms with Gasteiger partial charge in [0, 0.05) is 16.7 Å². The van der Waals surface area contributed by atoms with E-state index >= 15 is 0 Å². The Morgan fingerprint density at radius 2 is 1.63 bits per heavy atom. The molecule has 0 fully saturated rings. The van der Waals surface area contributed by atoms with Crippen molar-refractivity contribution in [1.29, 1.82) is 0 Å². The Balaban J connectivity index is 1.55. The highest BCUT2D eigenvalue weighted by Crippen LogP contribution is 2.28. The summed E-state index contributed by atoms with van der Waals surface area (Å²) >= 11 is 6.72. The van der Waals surface area contributed by atoms with Crippen LogP contribution >= 0.6 is 31.9 Å². The molecule has 3 rings (SSSR count). The van der Waals surface area contributed by atoms with E-state index in [1.54, 1.807) is 6.07 Å². The van der Waals surface area contributed by atoms with Gasteiger partial charge in [0.2, 0.25) is 10.0 Å². The van der Waals surface area contributed by atoms with Gasteiger partial charge in [0.05, 0.1) is 9.37 Å². The minimum atomic E-state index is -3.65. The third kappa shape index (κ3) is 6.40. The highest BCUT2D eigenvalue weighted by Gasteiger charge is 2.14. The molecule has 30 heavy (non-hydrogen) atoms. The smallest absolute Gasteiger partial charge is 0.262 e. The predicted molar refractivity (Wildman–Crippen MR) is 123 cm³/mol. The van der Waals surface area contributed by atoms with E-state index in [0.29, 0.717) is 11.4 Å². The molecule has 0 bridgehead atoms. The van der Waals surface area contributed by atoms with Gasteiger partial charge >= 0.3 is 0 Å². The van der Waals surface area contributed by atoms with Gasteiger partial charge in [0.15, 0.2) is 6.61 Å². The Bertz CT molecular complexity index is 1120.